The Kier molecular flexibility index (Phi) is 4.61. The summed E-state index contributed by atoms with van der Waals surface area (Å²) in [7, 11) is 0. The highest BCUT2D eigenvalue weighted by atomic mass is 35.5. The number of nitrogens with two attached hydrogens (primary N) is 1. The van der Waals surface area contributed by atoms with Crippen molar-refractivity contribution in [3.8, 4) is 11.6 Å². The van der Waals surface area contributed by atoms with Crippen LogP contribution in [0, 0.1) is 12.3 Å². The van der Waals surface area contributed by atoms with Gasteiger partial charge in [0.15, 0.2) is 16.9 Å². The van der Waals surface area contributed by atoms with E-state index in [1.165, 1.54) is 0 Å². The van der Waals surface area contributed by atoms with Gasteiger partial charge in [0, 0.05) is 25.4 Å². The van der Waals surface area contributed by atoms with E-state index >= 15 is 0 Å². The summed E-state index contributed by atoms with van der Waals surface area (Å²) >= 11 is 6.25. The standard InChI is InChI=1S/C18H22ClN7O/c1-11-14(19)12(3-6-21-11)27-17-15-16(24-25-17)23-13(9-22-15)26-7-4-18(2,10-20)5-8-26/h3,6,9H,4-5,7-8,10,20H2,1-2H3,(H,23,24,25). The van der Waals surface area contributed by atoms with Gasteiger partial charge in [-0.25, -0.2) is 9.97 Å². The van der Waals surface area contributed by atoms with Crippen LogP contribution in [0.25, 0.3) is 11.2 Å². The third-order valence-corrected chi connectivity index (χ3v) is 5.71. The Bertz CT molecular complexity index is 965. The number of fused-ring (bicyclic) bond motifs is 1. The highest BCUT2D eigenvalue weighted by Crippen LogP contribution is 2.34. The van der Waals surface area contributed by atoms with Gasteiger partial charge in [0.1, 0.15) is 10.8 Å². The number of pyridine rings is 1. The Hall–Kier alpha value is -2.45. The van der Waals surface area contributed by atoms with Crippen LogP contribution in [0.4, 0.5) is 5.82 Å². The Labute approximate surface area is 162 Å². The summed E-state index contributed by atoms with van der Waals surface area (Å²) < 4.78 is 5.83. The molecule has 0 amide bonds. The van der Waals surface area contributed by atoms with E-state index in [0.29, 0.717) is 40.1 Å². The molecule has 0 bridgehead atoms. The Balaban J connectivity index is 1.56. The van der Waals surface area contributed by atoms with Gasteiger partial charge in [-0.05, 0) is 31.7 Å². The van der Waals surface area contributed by atoms with E-state index in [-0.39, 0.29) is 5.41 Å². The predicted molar refractivity (Wildman–Crippen MR) is 104 cm³/mol. The third kappa shape index (κ3) is 3.42. The first-order chi connectivity index (χ1) is 13.0. The topological polar surface area (TPSA) is 106 Å². The van der Waals surface area contributed by atoms with Crippen molar-refractivity contribution in [3.05, 3.63) is 29.2 Å². The lowest BCUT2D eigenvalue weighted by Crippen LogP contribution is -2.42. The molecule has 1 saturated heterocycles. The van der Waals surface area contributed by atoms with E-state index < -0.39 is 0 Å². The fourth-order valence-electron chi connectivity index (χ4n) is 3.18. The summed E-state index contributed by atoms with van der Waals surface area (Å²) in [6.07, 6.45) is 5.48. The van der Waals surface area contributed by atoms with Crippen molar-refractivity contribution < 1.29 is 4.74 Å². The molecule has 0 radical (unpaired) electrons. The van der Waals surface area contributed by atoms with Crippen LogP contribution in [0.15, 0.2) is 18.5 Å². The van der Waals surface area contributed by atoms with Crippen LogP contribution in [0.3, 0.4) is 0 Å². The minimum absolute atomic E-state index is 0.213. The number of nitrogens with zero attached hydrogens (tertiary/aromatic N) is 5. The summed E-state index contributed by atoms with van der Waals surface area (Å²) in [6, 6.07) is 1.69. The maximum absolute atomic E-state index is 6.25. The summed E-state index contributed by atoms with van der Waals surface area (Å²) in [6.45, 7) is 6.60. The largest absolute Gasteiger partial charge is 0.434 e. The predicted octanol–water partition coefficient (Wildman–Crippen LogP) is 3.07. The highest BCUT2D eigenvalue weighted by Gasteiger charge is 2.29. The molecule has 0 saturated carbocycles. The van der Waals surface area contributed by atoms with Crippen LogP contribution in [0.1, 0.15) is 25.5 Å². The fraction of sp³-hybridized carbons (Fsp3) is 0.444. The summed E-state index contributed by atoms with van der Waals surface area (Å²) in [5.41, 5.74) is 7.94. The monoisotopic (exact) mass is 387 g/mol. The van der Waals surface area contributed by atoms with Crippen LogP contribution < -0.4 is 15.4 Å². The molecule has 1 aliphatic rings. The lowest BCUT2D eigenvalue weighted by Gasteiger charge is -2.39. The molecule has 142 valence electrons. The molecule has 0 spiro atoms. The number of aromatic nitrogens is 5. The van der Waals surface area contributed by atoms with Gasteiger partial charge < -0.3 is 15.4 Å². The van der Waals surface area contributed by atoms with Crippen molar-refractivity contribution in [3.63, 3.8) is 0 Å². The zero-order valence-electron chi connectivity index (χ0n) is 15.4. The van der Waals surface area contributed by atoms with E-state index in [1.54, 1.807) is 18.5 Å². The summed E-state index contributed by atoms with van der Waals surface area (Å²) in [4.78, 5) is 15.5. The van der Waals surface area contributed by atoms with Crippen molar-refractivity contribution in [2.24, 2.45) is 11.1 Å². The quantitative estimate of drug-likeness (QED) is 0.708. The van der Waals surface area contributed by atoms with Gasteiger partial charge in [-0.1, -0.05) is 18.5 Å². The number of nitrogens with one attached hydrogen (secondary N) is 1. The molecular weight excluding hydrogens is 366 g/mol. The van der Waals surface area contributed by atoms with Gasteiger partial charge in [0.25, 0.3) is 5.88 Å². The van der Waals surface area contributed by atoms with E-state index in [4.69, 9.17) is 22.1 Å². The highest BCUT2D eigenvalue weighted by molar-refractivity contribution is 6.32. The first-order valence-electron chi connectivity index (χ1n) is 8.94. The molecule has 9 heteroatoms. The number of anilines is 1. The zero-order valence-corrected chi connectivity index (χ0v) is 16.1. The van der Waals surface area contributed by atoms with Gasteiger partial charge >= 0.3 is 0 Å². The molecule has 4 rings (SSSR count). The van der Waals surface area contributed by atoms with Gasteiger partial charge in [-0.3, -0.25) is 10.1 Å². The minimum Gasteiger partial charge on any atom is -0.434 e. The van der Waals surface area contributed by atoms with Crippen LogP contribution in [0.2, 0.25) is 5.02 Å². The molecule has 1 aliphatic heterocycles. The second-order valence-corrected chi connectivity index (χ2v) is 7.64. The van der Waals surface area contributed by atoms with E-state index in [1.807, 2.05) is 6.92 Å². The number of hydrogen-bond acceptors (Lipinski definition) is 7. The molecule has 4 heterocycles. The Morgan fingerprint density at radius 3 is 2.85 bits per heavy atom. The van der Waals surface area contributed by atoms with Crippen molar-refractivity contribution >= 4 is 28.6 Å². The van der Waals surface area contributed by atoms with Crippen LogP contribution in [-0.2, 0) is 0 Å². The van der Waals surface area contributed by atoms with Gasteiger partial charge in [-0.2, -0.15) is 0 Å². The van der Waals surface area contributed by atoms with Crippen molar-refractivity contribution in [2.75, 3.05) is 24.5 Å². The van der Waals surface area contributed by atoms with Crippen LogP contribution in [0.5, 0.6) is 11.6 Å². The number of halogens is 1. The molecule has 0 aromatic carbocycles. The number of rotatable bonds is 4. The maximum atomic E-state index is 6.25. The first-order valence-corrected chi connectivity index (χ1v) is 9.32. The number of aryl methyl sites for hydroxylation is 1. The first kappa shape index (κ1) is 17.9. The molecule has 0 unspecified atom stereocenters. The smallest absolute Gasteiger partial charge is 0.266 e. The Morgan fingerprint density at radius 1 is 1.33 bits per heavy atom. The fourth-order valence-corrected chi connectivity index (χ4v) is 3.33. The SMILES string of the molecule is Cc1nccc(Oc2n[nH]c3nc(N4CCC(C)(CN)CC4)cnc23)c1Cl. The minimum atomic E-state index is 0.213. The van der Waals surface area contributed by atoms with Gasteiger partial charge in [-0.15, -0.1) is 5.10 Å². The summed E-state index contributed by atoms with van der Waals surface area (Å²) in [5.74, 6) is 1.65. The number of aromatic amines is 1. The average molecular weight is 388 g/mol. The molecule has 3 aromatic rings. The number of ether oxygens (including phenoxy) is 1. The summed E-state index contributed by atoms with van der Waals surface area (Å²) in [5, 5.41) is 7.55. The number of piperidine rings is 1. The second-order valence-electron chi connectivity index (χ2n) is 7.27. The number of hydrogen-bond donors (Lipinski definition) is 2. The second kappa shape index (κ2) is 6.94. The average Bonchev–Trinajstić information content (AvgIpc) is 3.08. The van der Waals surface area contributed by atoms with E-state index in [0.717, 1.165) is 31.7 Å². The Morgan fingerprint density at radius 2 is 2.11 bits per heavy atom. The number of H-pyrrole nitrogens is 1. The van der Waals surface area contributed by atoms with Gasteiger partial charge in [0.2, 0.25) is 0 Å². The molecule has 3 aromatic heterocycles. The van der Waals surface area contributed by atoms with Crippen LogP contribution in [-0.4, -0.2) is 44.8 Å². The third-order valence-electron chi connectivity index (χ3n) is 5.25. The van der Waals surface area contributed by atoms with Crippen molar-refractivity contribution in [2.45, 2.75) is 26.7 Å². The molecule has 8 nitrogen and oxygen atoms in total. The molecule has 0 aliphatic carbocycles. The molecule has 0 atom stereocenters. The van der Waals surface area contributed by atoms with Gasteiger partial charge in [0.05, 0.1) is 11.9 Å². The van der Waals surface area contributed by atoms with E-state index in [9.17, 15) is 0 Å². The molecule has 1 fully saturated rings. The maximum Gasteiger partial charge on any atom is 0.266 e. The normalized spacial score (nSPS) is 16.7. The van der Waals surface area contributed by atoms with Crippen molar-refractivity contribution in [1.82, 2.24) is 25.1 Å². The molecule has 3 N–H and O–H groups in total. The molecule has 27 heavy (non-hydrogen) atoms. The van der Waals surface area contributed by atoms with E-state index in [2.05, 4.69) is 37.0 Å². The lowest BCUT2D eigenvalue weighted by atomic mass is 9.80. The van der Waals surface area contributed by atoms with Crippen molar-refractivity contribution in [1.29, 1.82) is 0 Å². The lowest BCUT2D eigenvalue weighted by molar-refractivity contribution is 0.258. The zero-order chi connectivity index (χ0) is 19.0. The van der Waals surface area contributed by atoms with Crippen LogP contribution >= 0.6 is 11.6 Å². The molecular formula is C18H22ClN7O.